The highest BCUT2D eigenvalue weighted by atomic mass is 16.1. The largest absolute Gasteiger partial charge is 0.355 e. The summed E-state index contributed by atoms with van der Waals surface area (Å²) in [7, 11) is 0. The smallest absolute Gasteiger partial charge is 0.223 e. The van der Waals surface area contributed by atoms with E-state index >= 15 is 0 Å². The van der Waals surface area contributed by atoms with E-state index in [0.29, 0.717) is 6.04 Å². The van der Waals surface area contributed by atoms with Crippen molar-refractivity contribution >= 4 is 11.7 Å². The number of amides is 1. The van der Waals surface area contributed by atoms with Crippen LogP contribution < -0.4 is 10.2 Å². The maximum absolute atomic E-state index is 12.6. The molecule has 2 aliphatic heterocycles. The zero-order valence-corrected chi connectivity index (χ0v) is 18.0. The summed E-state index contributed by atoms with van der Waals surface area (Å²) in [4.78, 5) is 17.3. The van der Waals surface area contributed by atoms with Crippen LogP contribution in [0.25, 0.3) is 11.3 Å². The average Bonchev–Trinajstić information content (AvgIpc) is 2.81. The van der Waals surface area contributed by atoms with Crippen LogP contribution in [0, 0.1) is 5.92 Å². The number of carbonyl (C=O) groups is 1. The molecule has 0 saturated carbocycles. The first-order valence-corrected chi connectivity index (χ1v) is 11.4. The molecule has 2 aliphatic rings. The van der Waals surface area contributed by atoms with Gasteiger partial charge in [-0.3, -0.25) is 9.69 Å². The van der Waals surface area contributed by atoms with Crippen molar-refractivity contribution in [3.63, 3.8) is 0 Å². The van der Waals surface area contributed by atoms with Gasteiger partial charge in [0.2, 0.25) is 5.91 Å². The Balaban J connectivity index is 1.22. The molecule has 1 aromatic heterocycles. The normalized spacial score (nSPS) is 20.8. The minimum Gasteiger partial charge on any atom is -0.355 e. The van der Waals surface area contributed by atoms with E-state index in [-0.39, 0.29) is 11.8 Å². The van der Waals surface area contributed by atoms with E-state index in [0.717, 1.165) is 56.1 Å². The van der Waals surface area contributed by atoms with E-state index in [1.54, 1.807) is 0 Å². The molecule has 6 nitrogen and oxygen atoms in total. The molecule has 0 radical (unpaired) electrons. The van der Waals surface area contributed by atoms with E-state index in [2.05, 4.69) is 32.2 Å². The fourth-order valence-corrected chi connectivity index (χ4v) is 4.58. The molecule has 1 amide bonds. The molecule has 2 fully saturated rings. The van der Waals surface area contributed by atoms with Gasteiger partial charge in [0.1, 0.15) is 0 Å². The van der Waals surface area contributed by atoms with E-state index in [1.807, 2.05) is 42.5 Å². The average molecular weight is 408 g/mol. The maximum atomic E-state index is 12.6. The second kappa shape index (κ2) is 10.0. The van der Waals surface area contributed by atoms with Crippen molar-refractivity contribution in [2.45, 2.75) is 45.1 Å². The highest BCUT2D eigenvalue weighted by Crippen LogP contribution is 2.23. The minimum atomic E-state index is 0.108. The topological polar surface area (TPSA) is 61.4 Å². The minimum absolute atomic E-state index is 0.108. The first kappa shape index (κ1) is 20.8. The SMILES string of the molecule is CC1CCCCN1CCNC(=O)C1CCN(c2ccc(-c3ccccc3)nn2)CC1. The molecule has 0 bridgehead atoms. The van der Waals surface area contributed by atoms with Crippen LogP contribution in [0.4, 0.5) is 5.82 Å². The predicted octanol–water partition coefficient (Wildman–Crippen LogP) is 3.35. The van der Waals surface area contributed by atoms with E-state index in [1.165, 1.54) is 25.8 Å². The van der Waals surface area contributed by atoms with Gasteiger partial charge in [-0.25, -0.2) is 0 Å². The summed E-state index contributed by atoms with van der Waals surface area (Å²) in [5.41, 5.74) is 1.96. The highest BCUT2D eigenvalue weighted by molar-refractivity contribution is 5.79. The molecule has 160 valence electrons. The van der Waals surface area contributed by atoms with Gasteiger partial charge in [0.25, 0.3) is 0 Å². The molecule has 6 heteroatoms. The summed E-state index contributed by atoms with van der Waals surface area (Å²) in [6, 6.07) is 14.8. The molecule has 0 aliphatic carbocycles. The summed E-state index contributed by atoms with van der Waals surface area (Å²) >= 11 is 0. The summed E-state index contributed by atoms with van der Waals surface area (Å²) in [5, 5.41) is 12.0. The lowest BCUT2D eigenvalue weighted by molar-refractivity contribution is -0.125. The van der Waals surface area contributed by atoms with E-state index in [4.69, 9.17) is 0 Å². The van der Waals surface area contributed by atoms with Crippen LogP contribution in [0.15, 0.2) is 42.5 Å². The van der Waals surface area contributed by atoms with Crippen LogP contribution in [0.3, 0.4) is 0 Å². The number of rotatable bonds is 6. The van der Waals surface area contributed by atoms with Crippen molar-refractivity contribution in [1.82, 2.24) is 20.4 Å². The zero-order valence-electron chi connectivity index (χ0n) is 18.0. The quantitative estimate of drug-likeness (QED) is 0.796. The Morgan fingerprint density at radius 1 is 1.00 bits per heavy atom. The first-order chi connectivity index (χ1) is 14.7. The lowest BCUT2D eigenvalue weighted by atomic mass is 9.96. The van der Waals surface area contributed by atoms with Gasteiger partial charge in [-0.1, -0.05) is 36.8 Å². The van der Waals surface area contributed by atoms with Crippen LogP contribution in [0.2, 0.25) is 0 Å². The van der Waals surface area contributed by atoms with Crippen molar-refractivity contribution in [3.8, 4) is 11.3 Å². The standard InChI is InChI=1S/C24H33N5O/c1-19-7-5-6-15-28(19)18-14-25-24(30)21-12-16-29(17-13-21)23-11-10-22(26-27-23)20-8-3-2-4-9-20/h2-4,8-11,19,21H,5-7,12-18H2,1H3,(H,25,30). The summed E-state index contributed by atoms with van der Waals surface area (Å²) in [6.45, 7) is 6.89. The summed E-state index contributed by atoms with van der Waals surface area (Å²) in [6.07, 6.45) is 5.64. The van der Waals surface area contributed by atoms with Crippen molar-refractivity contribution in [3.05, 3.63) is 42.5 Å². The number of benzene rings is 1. The number of aromatic nitrogens is 2. The molecule has 2 aromatic rings. The molecule has 1 N–H and O–H groups in total. The third-order valence-corrected chi connectivity index (χ3v) is 6.55. The fraction of sp³-hybridized carbons (Fsp3) is 0.542. The zero-order chi connectivity index (χ0) is 20.8. The molecular formula is C24H33N5O. The van der Waals surface area contributed by atoms with Crippen molar-refractivity contribution in [1.29, 1.82) is 0 Å². The molecule has 0 spiro atoms. The summed E-state index contributed by atoms with van der Waals surface area (Å²) < 4.78 is 0. The Labute approximate surface area is 179 Å². The third kappa shape index (κ3) is 5.17. The molecular weight excluding hydrogens is 374 g/mol. The van der Waals surface area contributed by atoms with Crippen LogP contribution >= 0.6 is 0 Å². The monoisotopic (exact) mass is 407 g/mol. The van der Waals surface area contributed by atoms with Gasteiger partial charge < -0.3 is 10.2 Å². The number of carbonyl (C=O) groups excluding carboxylic acids is 1. The number of nitrogens with zero attached hydrogens (tertiary/aromatic N) is 4. The van der Waals surface area contributed by atoms with Gasteiger partial charge in [0.05, 0.1) is 5.69 Å². The predicted molar refractivity (Wildman–Crippen MR) is 120 cm³/mol. The Morgan fingerprint density at radius 2 is 1.80 bits per heavy atom. The number of anilines is 1. The summed E-state index contributed by atoms with van der Waals surface area (Å²) in [5.74, 6) is 1.22. The lowest BCUT2D eigenvalue weighted by Gasteiger charge is -2.34. The highest BCUT2D eigenvalue weighted by Gasteiger charge is 2.26. The van der Waals surface area contributed by atoms with Crippen LogP contribution in [0.1, 0.15) is 39.0 Å². The second-order valence-corrected chi connectivity index (χ2v) is 8.58. The van der Waals surface area contributed by atoms with E-state index < -0.39 is 0 Å². The van der Waals surface area contributed by atoms with Gasteiger partial charge in [-0.05, 0) is 51.3 Å². The number of hydrogen-bond donors (Lipinski definition) is 1. The molecule has 1 unspecified atom stereocenters. The molecule has 3 heterocycles. The Kier molecular flexibility index (Phi) is 6.95. The number of likely N-dealkylation sites (tertiary alicyclic amines) is 1. The molecule has 30 heavy (non-hydrogen) atoms. The molecule has 1 atom stereocenters. The van der Waals surface area contributed by atoms with Gasteiger partial charge in [-0.2, -0.15) is 0 Å². The molecule has 1 aromatic carbocycles. The Hall–Kier alpha value is -2.47. The van der Waals surface area contributed by atoms with Gasteiger partial charge in [0, 0.05) is 43.7 Å². The van der Waals surface area contributed by atoms with Gasteiger partial charge >= 0.3 is 0 Å². The number of piperidine rings is 2. The van der Waals surface area contributed by atoms with Crippen molar-refractivity contribution < 1.29 is 4.79 Å². The number of nitrogens with one attached hydrogen (secondary N) is 1. The van der Waals surface area contributed by atoms with Gasteiger partial charge in [0.15, 0.2) is 5.82 Å². The Morgan fingerprint density at radius 3 is 2.50 bits per heavy atom. The van der Waals surface area contributed by atoms with Crippen molar-refractivity contribution in [2.24, 2.45) is 5.92 Å². The first-order valence-electron chi connectivity index (χ1n) is 11.4. The van der Waals surface area contributed by atoms with Crippen LogP contribution in [-0.2, 0) is 4.79 Å². The third-order valence-electron chi connectivity index (χ3n) is 6.55. The number of hydrogen-bond acceptors (Lipinski definition) is 5. The fourth-order valence-electron chi connectivity index (χ4n) is 4.58. The lowest BCUT2D eigenvalue weighted by Crippen LogP contribution is -2.45. The second-order valence-electron chi connectivity index (χ2n) is 8.58. The van der Waals surface area contributed by atoms with Gasteiger partial charge in [-0.15, -0.1) is 10.2 Å². The molecule has 4 rings (SSSR count). The van der Waals surface area contributed by atoms with Crippen LogP contribution in [0.5, 0.6) is 0 Å². The molecule has 2 saturated heterocycles. The van der Waals surface area contributed by atoms with E-state index in [9.17, 15) is 4.79 Å². The Bertz CT molecular complexity index is 802. The maximum Gasteiger partial charge on any atom is 0.223 e. The van der Waals surface area contributed by atoms with Crippen LogP contribution in [-0.4, -0.2) is 59.8 Å². The van der Waals surface area contributed by atoms with Crippen molar-refractivity contribution in [2.75, 3.05) is 37.6 Å².